The lowest BCUT2D eigenvalue weighted by atomic mass is 10.1. The van der Waals surface area contributed by atoms with Gasteiger partial charge in [-0.3, -0.25) is 4.98 Å². The van der Waals surface area contributed by atoms with Gasteiger partial charge in [0.05, 0.1) is 24.0 Å². The monoisotopic (exact) mass is 368 g/mol. The quantitative estimate of drug-likeness (QED) is 0.591. The average Bonchev–Trinajstić information content (AvgIpc) is 3.07. The molecule has 0 saturated carbocycles. The Hall–Kier alpha value is -2.47. The van der Waals surface area contributed by atoms with Crippen molar-refractivity contribution in [2.75, 3.05) is 20.8 Å². The van der Waals surface area contributed by atoms with Crippen LogP contribution < -0.4 is 4.74 Å². The molecular formula is C21H28N4O2. The van der Waals surface area contributed by atoms with E-state index in [1.54, 1.807) is 14.2 Å². The Morgan fingerprint density at radius 2 is 1.93 bits per heavy atom. The smallest absolute Gasteiger partial charge is 0.213 e. The van der Waals surface area contributed by atoms with Crippen molar-refractivity contribution >= 4 is 11.0 Å². The minimum Gasteiger partial charge on any atom is -0.481 e. The van der Waals surface area contributed by atoms with Crippen LogP contribution in [0.4, 0.5) is 0 Å². The molecule has 3 rings (SSSR count). The van der Waals surface area contributed by atoms with Gasteiger partial charge in [0.25, 0.3) is 0 Å². The number of hydrogen-bond acceptors (Lipinski definition) is 5. The summed E-state index contributed by atoms with van der Waals surface area (Å²) in [4.78, 5) is 14.1. The SMILES string of the molecule is CCc1nc2c(-c3ccc(OC)nc3C)nccc2n1C(CC)CCOC. The predicted octanol–water partition coefficient (Wildman–Crippen LogP) is 4.36. The molecule has 0 aliphatic rings. The summed E-state index contributed by atoms with van der Waals surface area (Å²) < 4.78 is 12.9. The maximum Gasteiger partial charge on any atom is 0.213 e. The zero-order valence-electron chi connectivity index (χ0n) is 16.8. The Balaban J connectivity index is 2.17. The molecule has 6 heteroatoms. The summed E-state index contributed by atoms with van der Waals surface area (Å²) in [7, 11) is 3.38. The minimum absolute atomic E-state index is 0.357. The van der Waals surface area contributed by atoms with Crippen LogP contribution in [0.1, 0.15) is 44.2 Å². The number of methoxy groups -OCH3 is 2. The van der Waals surface area contributed by atoms with E-state index < -0.39 is 0 Å². The van der Waals surface area contributed by atoms with Gasteiger partial charge in [0, 0.05) is 44.0 Å². The van der Waals surface area contributed by atoms with Crippen molar-refractivity contribution in [3.63, 3.8) is 0 Å². The number of pyridine rings is 2. The molecule has 1 unspecified atom stereocenters. The fourth-order valence-corrected chi connectivity index (χ4v) is 3.60. The highest BCUT2D eigenvalue weighted by Gasteiger charge is 2.20. The first-order valence-electron chi connectivity index (χ1n) is 9.51. The molecule has 3 heterocycles. The Bertz CT molecular complexity index is 920. The molecule has 144 valence electrons. The van der Waals surface area contributed by atoms with E-state index in [9.17, 15) is 0 Å². The summed E-state index contributed by atoms with van der Waals surface area (Å²) in [5, 5.41) is 0. The number of fused-ring (bicyclic) bond motifs is 1. The van der Waals surface area contributed by atoms with E-state index in [0.717, 1.165) is 59.7 Å². The van der Waals surface area contributed by atoms with Crippen LogP contribution in [-0.4, -0.2) is 40.3 Å². The Morgan fingerprint density at radius 3 is 2.56 bits per heavy atom. The predicted molar refractivity (Wildman–Crippen MR) is 107 cm³/mol. The van der Waals surface area contributed by atoms with Gasteiger partial charge in [0.2, 0.25) is 5.88 Å². The molecule has 0 N–H and O–H groups in total. The molecular weight excluding hydrogens is 340 g/mol. The normalized spacial score (nSPS) is 12.5. The second kappa shape index (κ2) is 8.48. The van der Waals surface area contributed by atoms with Crippen molar-refractivity contribution in [3.05, 3.63) is 35.9 Å². The van der Waals surface area contributed by atoms with E-state index in [-0.39, 0.29) is 0 Å². The molecule has 3 aromatic heterocycles. The lowest BCUT2D eigenvalue weighted by Gasteiger charge is -2.20. The molecule has 0 saturated heterocycles. The van der Waals surface area contributed by atoms with E-state index in [0.29, 0.717) is 11.9 Å². The van der Waals surface area contributed by atoms with Gasteiger partial charge >= 0.3 is 0 Å². The van der Waals surface area contributed by atoms with Gasteiger partial charge < -0.3 is 14.0 Å². The lowest BCUT2D eigenvalue weighted by Crippen LogP contribution is -2.13. The first-order chi connectivity index (χ1) is 13.1. The highest BCUT2D eigenvalue weighted by Crippen LogP contribution is 2.32. The van der Waals surface area contributed by atoms with Crippen molar-refractivity contribution in [1.82, 2.24) is 19.5 Å². The van der Waals surface area contributed by atoms with Gasteiger partial charge in [-0.25, -0.2) is 9.97 Å². The molecule has 0 spiro atoms. The second-order valence-corrected chi connectivity index (χ2v) is 6.61. The Morgan fingerprint density at radius 1 is 1.11 bits per heavy atom. The third kappa shape index (κ3) is 3.67. The molecule has 0 aromatic carbocycles. The molecule has 0 bridgehead atoms. The summed E-state index contributed by atoms with van der Waals surface area (Å²) >= 11 is 0. The van der Waals surface area contributed by atoms with Crippen LogP contribution in [0.15, 0.2) is 24.4 Å². The summed E-state index contributed by atoms with van der Waals surface area (Å²) in [6.45, 7) is 7.07. The first-order valence-corrected chi connectivity index (χ1v) is 9.51. The summed E-state index contributed by atoms with van der Waals surface area (Å²) in [5.74, 6) is 1.69. The molecule has 0 aliphatic carbocycles. The molecule has 0 radical (unpaired) electrons. The van der Waals surface area contributed by atoms with Crippen LogP contribution in [0, 0.1) is 6.92 Å². The highest BCUT2D eigenvalue weighted by atomic mass is 16.5. The number of ether oxygens (including phenoxy) is 2. The molecule has 3 aromatic rings. The van der Waals surface area contributed by atoms with Gasteiger partial charge in [0.1, 0.15) is 11.3 Å². The molecule has 0 fully saturated rings. The van der Waals surface area contributed by atoms with Crippen LogP contribution in [0.5, 0.6) is 5.88 Å². The minimum atomic E-state index is 0.357. The van der Waals surface area contributed by atoms with Crippen molar-refractivity contribution < 1.29 is 9.47 Å². The van der Waals surface area contributed by atoms with Crippen LogP contribution in [-0.2, 0) is 11.2 Å². The van der Waals surface area contributed by atoms with E-state index in [1.807, 2.05) is 25.3 Å². The van der Waals surface area contributed by atoms with Gasteiger partial charge in [-0.1, -0.05) is 13.8 Å². The fourth-order valence-electron chi connectivity index (χ4n) is 3.60. The van der Waals surface area contributed by atoms with Crippen molar-refractivity contribution in [2.45, 2.75) is 46.1 Å². The standard InChI is InChI=1S/C21H28N4O2/c1-6-15(11-13-26-4)25-17-10-12-22-20(21(17)24-18(25)7-2)16-8-9-19(27-5)23-14(16)3/h8-10,12,15H,6-7,11,13H2,1-5H3. The van der Waals surface area contributed by atoms with E-state index in [1.165, 1.54) is 0 Å². The van der Waals surface area contributed by atoms with Crippen molar-refractivity contribution in [1.29, 1.82) is 0 Å². The molecule has 27 heavy (non-hydrogen) atoms. The topological polar surface area (TPSA) is 62.1 Å². The third-order valence-corrected chi connectivity index (χ3v) is 5.01. The van der Waals surface area contributed by atoms with Crippen molar-refractivity contribution in [3.8, 4) is 17.1 Å². The fraction of sp³-hybridized carbons (Fsp3) is 0.476. The van der Waals surface area contributed by atoms with Gasteiger partial charge in [-0.2, -0.15) is 0 Å². The van der Waals surface area contributed by atoms with Crippen LogP contribution >= 0.6 is 0 Å². The zero-order valence-corrected chi connectivity index (χ0v) is 16.8. The van der Waals surface area contributed by atoms with Gasteiger partial charge in [-0.15, -0.1) is 0 Å². The van der Waals surface area contributed by atoms with Crippen LogP contribution in [0.2, 0.25) is 0 Å². The molecule has 6 nitrogen and oxygen atoms in total. The molecule has 1 atom stereocenters. The summed E-state index contributed by atoms with van der Waals surface area (Å²) in [6.07, 6.45) is 4.73. The maximum atomic E-state index is 5.32. The van der Waals surface area contributed by atoms with Crippen LogP contribution in [0.3, 0.4) is 0 Å². The zero-order chi connectivity index (χ0) is 19.4. The Labute approximate surface area is 160 Å². The summed E-state index contributed by atoms with van der Waals surface area (Å²) in [5.41, 5.74) is 4.79. The van der Waals surface area contributed by atoms with E-state index >= 15 is 0 Å². The van der Waals surface area contributed by atoms with E-state index in [4.69, 9.17) is 14.5 Å². The van der Waals surface area contributed by atoms with E-state index in [2.05, 4.69) is 34.4 Å². The second-order valence-electron chi connectivity index (χ2n) is 6.61. The van der Waals surface area contributed by atoms with Gasteiger partial charge in [0.15, 0.2) is 0 Å². The van der Waals surface area contributed by atoms with Crippen molar-refractivity contribution in [2.24, 2.45) is 0 Å². The first kappa shape index (κ1) is 19.3. The number of imidazole rings is 1. The molecule has 0 amide bonds. The third-order valence-electron chi connectivity index (χ3n) is 5.01. The largest absolute Gasteiger partial charge is 0.481 e. The van der Waals surface area contributed by atoms with Crippen LogP contribution in [0.25, 0.3) is 22.3 Å². The number of nitrogens with zero attached hydrogens (tertiary/aromatic N) is 4. The number of hydrogen-bond donors (Lipinski definition) is 0. The Kier molecular flexibility index (Phi) is 6.06. The summed E-state index contributed by atoms with van der Waals surface area (Å²) in [6, 6.07) is 6.30. The number of aromatic nitrogens is 4. The molecule has 0 aliphatic heterocycles. The lowest BCUT2D eigenvalue weighted by molar-refractivity contribution is 0.177. The highest BCUT2D eigenvalue weighted by molar-refractivity contribution is 5.90. The maximum absolute atomic E-state index is 5.32. The average molecular weight is 368 g/mol. The number of aryl methyl sites for hydroxylation is 2. The number of rotatable bonds is 8. The van der Waals surface area contributed by atoms with Gasteiger partial charge in [-0.05, 0) is 31.9 Å².